The van der Waals surface area contributed by atoms with Crippen molar-refractivity contribution in [3.8, 4) is 0 Å². The van der Waals surface area contributed by atoms with Gasteiger partial charge in [-0.05, 0) is 37.8 Å². The molecule has 0 aromatic heterocycles. The Bertz CT molecular complexity index is 575. The highest BCUT2D eigenvalue weighted by atomic mass is 16.2. The number of hydrogen-bond acceptors (Lipinski definition) is 2. The first-order chi connectivity index (χ1) is 11.4. The molecule has 1 fully saturated rings. The number of amides is 2. The van der Waals surface area contributed by atoms with Crippen LogP contribution in [0.2, 0.25) is 0 Å². The number of aryl methyl sites for hydroxylation is 1. The van der Waals surface area contributed by atoms with Gasteiger partial charge in [0.2, 0.25) is 11.8 Å². The van der Waals surface area contributed by atoms with E-state index in [9.17, 15) is 9.59 Å². The lowest BCUT2D eigenvalue weighted by Crippen LogP contribution is -2.45. The molecule has 24 heavy (non-hydrogen) atoms. The second-order valence-corrected chi connectivity index (χ2v) is 7.03. The van der Waals surface area contributed by atoms with Crippen LogP contribution in [0.4, 0.5) is 0 Å². The van der Waals surface area contributed by atoms with Gasteiger partial charge in [0.1, 0.15) is 0 Å². The third-order valence-electron chi connectivity index (χ3n) is 4.97. The highest BCUT2D eigenvalue weighted by Crippen LogP contribution is 2.22. The number of carbonyl (C=O) groups is 2. The summed E-state index contributed by atoms with van der Waals surface area (Å²) in [5.41, 5.74) is 2.43. The number of piperidine rings is 1. The van der Waals surface area contributed by atoms with Crippen molar-refractivity contribution < 1.29 is 9.59 Å². The van der Waals surface area contributed by atoms with Gasteiger partial charge in [0, 0.05) is 38.0 Å². The number of likely N-dealkylation sites (tertiary alicyclic amines) is 1. The number of nitrogens with zero attached hydrogens (tertiary/aromatic N) is 2. The molecule has 132 valence electrons. The first kappa shape index (κ1) is 18.5. The topological polar surface area (TPSA) is 40.6 Å². The van der Waals surface area contributed by atoms with Crippen LogP contribution >= 0.6 is 0 Å². The highest BCUT2D eigenvalue weighted by molar-refractivity contribution is 5.81. The Morgan fingerprint density at radius 2 is 1.83 bits per heavy atom. The monoisotopic (exact) mass is 330 g/mol. The molecule has 1 saturated heterocycles. The first-order valence-corrected chi connectivity index (χ1v) is 9.06. The van der Waals surface area contributed by atoms with E-state index in [4.69, 9.17) is 0 Å². The molecule has 2 rings (SSSR count). The fourth-order valence-electron chi connectivity index (χ4n) is 3.31. The van der Waals surface area contributed by atoms with Crippen LogP contribution in [0.25, 0.3) is 0 Å². The summed E-state index contributed by atoms with van der Waals surface area (Å²) in [6, 6.07) is 8.23. The van der Waals surface area contributed by atoms with Gasteiger partial charge in [-0.3, -0.25) is 9.59 Å². The predicted octanol–water partition coefficient (Wildman–Crippen LogP) is 3.24. The molecule has 4 nitrogen and oxygen atoms in total. The Hall–Kier alpha value is -1.84. The Kier molecular flexibility index (Phi) is 6.41. The van der Waals surface area contributed by atoms with Crippen molar-refractivity contribution in [1.29, 1.82) is 0 Å². The second kappa shape index (κ2) is 8.32. The van der Waals surface area contributed by atoms with Crippen LogP contribution in [0.1, 0.15) is 44.7 Å². The molecule has 0 bridgehead atoms. The average Bonchev–Trinajstić information content (AvgIpc) is 2.60. The van der Waals surface area contributed by atoms with Crippen molar-refractivity contribution in [3.63, 3.8) is 0 Å². The molecule has 0 radical (unpaired) electrons. The van der Waals surface area contributed by atoms with Crippen LogP contribution in [-0.2, 0) is 16.1 Å². The van der Waals surface area contributed by atoms with Crippen LogP contribution in [0.5, 0.6) is 0 Å². The zero-order chi connectivity index (χ0) is 17.7. The van der Waals surface area contributed by atoms with Gasteiger partial charge in [-0.1, -0.05) is 38.1 Å². The maximum Gasteiger partial charge on any atom is 0.226 e. The molecule has 4 heteroatoms. The van der Waals surface area contributed by atoms with E-state index in [1.54, 1.807) is 0 Å². The summed E-state index contributed by atoms with van der Waals surface area (Å²) in [7, 11) is 0. The van der Waals surface area contributed by atoms with Gasteiger partial charge in [-0.2, -0.15) is 0 Å². The van der Waals surface area contributed by atoms with E-state index >= 15 is 0 Å². The normalized spacial score (nSPS) is 15.6. The zero-order valence-corrected chi connectivity index (χ0v) is 15.4. The standard InChI is InChI=1S/C20H30N2O2/c1-5-21(14-18-9-7-6-8-16(18)4)20(24)17-10-12-22(13-11-17)19(23)15(2)3/h6-9,15,17H,5,10-14H2,1-4H3. The fraction of sp³-hybridized carbons (Fsp3) is 0.600. The molecular weight excluding hydrogens is 300 g/mol. The SMILES string of the molecule is CCN(Cc1ccccc1C)C(=O)C1CCN(C(=O)C(C)C)CC1. The minimum absolute atomic E-state index is 0.0328. The average molecular weight is 330 g/mol. The maximum absolute atomic E-state index is 12.9. The predicted molar refractivity (Wildman–Crippen MR) is 96.4 cm³/mol. The highest BCUT2D eigenvalue weighted by Gasteiger charge is 2.30. The minimum atomic E-state index is 0.0328. The van der Waals surface area contributed by atoms with Crippen LogP contribution in [-0.4, -0.2) is 41.2 Å². The summed E-state index contributed by atoms with van der Waals surface area (Å²) in [4.78, 5) is 28.8. The number of benzene rings is 1. The Balaban J connectivity index is 1.95. The van der Waals surface area contributed by atoms with Crippen LogP contribution in [0, 0.1) is 18.8 Å². The molecule has 1 aliphatic rings. The summed E-state index contributed by atoms with van der Waals surface area (Å²) in [5, 5.41) is 0. The van der Waals surface area contributed by atoms with Crippen molar-refractivity contribution in [2.75, 3.05) is 19.6 Å². The molecule has 0 aliphatic carbocycles. The lowest BCUT2D eigenvalue weighted by Gasteiger charge is -2.35. The van der Waals surface area contributed by atoms with Crippen molar-refractivity contribution in [1.82, 2.24) is 9.80 Å². The molecule has 0 spiro atoms. The van der Waals surface area contributed by atoms with Crippen LogP contribution in [0.3, 0.4) is 0 Å². The van der Waals surface area contributed by atoms with Gasteiger partial charge in [-0.25, -0.2) is 0 Å². The Morgan fingerprint density at radius 3 is 2.38 bits per heavy atom. The van der Waals surface area contributed by atoms with Gasteiger partial charge >= 0.3 is 0 Å². The molecular formula is C20H30N2O2. The van der Waals surface area contributed by atoms with Crippen LogP contribution < -0.4 is 0 Å². The van der Waals surface area contributed by atoms with E-state index in [1.165, 1.54) is 11.1 Å². The molecule has 1 aliphatic heterocycles. The van der Waals surface area contributed by atoms with E-state index in [0.29, 0.717) is 19.6 Å². The van der Waals surface area contributed by atoms with Crippen molar-refractivity contribution in [2.24, 2.45) is 11.8 Å². The number of carbonyl (C=O) groups excluding carboxylic acids is 2. The van der Waals surface area contributed by atoms with E-state index < -0.39 is 0 Å². The summed E-state index contributed by atoms with van der Waals surface area (Å²) in [5.74, 6) is 0.515. The maximum atomic E-state index is 12.9. The van der Waals surface area contributed by atoms with E-state index in [1.807, 2.05) is 42.7 Å². The first-order valence-electron chi connectivity index (χ1n) is 9.06. The number of rotatable bonds is 5. The third-order valence-corrected chi connectivity index (χ3v) is 4.97. The Morgan fingerprint density at radius 1 is 1.21 bits per heavy atom. The Labute approximate surface area is 145 Å². The van der Waals surface area contributed by atoms with Gasteiger partial charge in [-0.15, -0.1) is 0 Å². The second-order valence-electron chi connectivity index (χ2n) is 7.03. The quantitative estimate of drug-likeness (QED) is 0.831. The molecule has 1 aromatic carbocycles. The largest absolute Gasteiger partial charge is 0.342 e. The van der Waals surface area contributed by atoms with Gasteiger partial charge in [0.05, 0.1) is 0 Å². The molecule has 0 atom stereocenters. The summed E-state index contributed by atoms with van der Waals surface area (Å²) >= 11 is 0. The molecule has 0 saturated carbocycles. The molecule has 0 N–H and O–H groups in total. The van der Waals surface area contributed by atoms with Crippen molar-refractivity contribution >= 4 is 11.8 Å². The zero-order valence-electron chi connectivity index (χ0n) is 15.4. The lowest BCUT2D eigenvalue weighted by atomic mass is 9.94. The fourth-order valence-corrected chi connectivity index (χ4v) is 3.31. The van der Waals surface area contributed by atoms with E-state index in [-0.39, 0.29) is 23.7 Å². The van der Waals surface area contributed by atoms with Gasteiger partial charge < -0.3 is 9.80 Å². The molecule has 2 amide bonds. The molecule has 0 unspecified atom stereocenters. The third kappa shape index (κ3) is 4.37. The molecule has 1 heterocycles. The van der Waals surface area contributed by atoms with Gasteiger partial charge in [0.25, 0.3) is 0 Å². The van der Waals surface area contributed by atoms with Crippen molar-refractivity contribution in [2.45, 2.75) is 47.1 Å². The van der Waals surface area contributed by atoms with E-state index in [2.05, 4.69) is 19.1 Å². The number of hydrogen-bond donors (Lipinski definition) is 0. The smallest absolute Gasteiger partial charge is 0.226 e. The summed E-state index contributed by atoms with van der Waals surface area (Å²) < 4.78 is 0. The van der Waals surface area contributed by atoms with Gasteiger partial charge in [0.15, 0.2) is 0 Å². The van der Waals surface area contributed by atoms with Crippen LogP contribution in [0.15, 0.2) is 24.3 Å². The van der Waals surface area contributed by atoms with Crippen molar-refractivity contribution in [3.05, 3.63) is 35.4 Å². The lowest BCUT2D eigenvalue weighted by molar-refractivity contribution is -0.142. The van der Waals surface area contributed by atoms with E-state index in [0.717, 1.165) is 19.4 Å². The summed E-state index contributed by atoms with van der Waals surface area (Å²) in [6.07, 6.45) is 1.56. The molecule has 1 aromatic rings. The summed E-state index contributed by atoms with van der Waals surface area (Å²) in [6.45, 7) is 10.8. The minimum Gasteiger partial charge on any atom is -0.342 e.